The zero-order chi connectivity index (χ0) is 12.0. The average Bonchev–Trinajstić information content (AvgIpc) is 2.30. The van der Waals surface area contributed by atoms with Gasteiger partial charge in [-0.3, -0.25) is 0 Å². The minimum Gasteiger partial charge on any atom is -0.397 e. The monoisotopic (exact) mass is 217 g/mol. The van der Waals surface area contributed by atoms with Gasteiger partial charge in [-0.25, -0.2) is 0 Å². The first kappa shape index (κ1) is 12.4. The second kappa shape index (κ2) is 6.02. The summed E-state index contributed by atoms with van der Waals surface area (Å²) in [5.41, 5.74) is 8.06. The number of hydrogen-bond donors (Lipinski definition) is 2. The maximum Gasteiger partial charge on any atom is 0.0992 e. The highest BCUT2D eigenvalue weighted by atomic mass is 14.9. The molecule has 0 saturated carbocycles. The normalized spacial score (nSPS) is 11.8. The topological polar surface area (TPSA) is 61.8 Å². The molecule has 0 bridgehead atoms. The van der Waals surface area contributed by atoms with Gasteiger partial charge < -0.3 is 11.1 Å². The third-order valence-electron chi connectivity index (χ3n) is 2.67. The molecular weight excluding hydrogens is 198 g/mol. The van der Waals surface area contributed by atoms with Crippen LogP contribution >= 0.6 is 0 Å². The van der Waals surface area contributed by atoms with Crippen LogP contribution in [0.4, 0.5) is 11.4 Å². The number of nitrogens with two attached hydrogens (primary N) is 1. The molecule has 16 heavy (non-hydrogen) atoms. The number of nitrogen functional groups attached to an aromatic ring is 1. The summed E-state index contributed by atoms with van der Waals surface area (Å²) >= 11 is 0. The van der Waals surface area contributed by atoms with Gasteiger partial charge in [-0.15, -0.1) is 0 Å². The summed E-state index contributed by atoms with van der Waals surface area (Å²) in [5, 5.41) is 12.2. The van der Waals surface area contributed by atoms with Crippen LogP contribution in [0.5, 0.6) is 0 Å². The van der Waals surface area contributed by atoms with Gasteiger partial charge in [0, 0.05) is 6.04 Å². The molecule has 3 nitrogen and oxygen atoms in total. The molecule has 0 aliphatic heterocycles. The fraction of sp³-hybridized carbons (Fsp3) is 0.462. The van der Waals surface area contributed by atoms with Crippen LogP contribution in [0, 0.1) is 11.3 Å². The van der Waals surface area contributed by atoms with E-state index in [1.165, 1.54) is 0 Å². The Balaban J connectivity index is 2.77. The van der Waals surface area contributed by atoms with Crippen LogP contribution in [0.2, 0.25) is 0 Å². The molecule has 3 N–H and O–H groups in total. The quantitative estimate of drug-likeness (QED) is 0.745. The molecule has 1 atom stereocenters. The molecule has 1 unspecified atom stereocenters. The predicted octanol–water partition coefficient (Wildman–Crippen LogP) is 3.13. The summed E-state index contributed by atoms with van der Waals surface area (Å²) in [6.07, 6.45) is 3.37. The Kier molecular flexibility index (Phi) is 4.65. The minimum absolute atomic E-state index is 0.459. The lowest BCUT2D eigenvalue weighted by atomic mass is 10.1. The molecule has 0 aromatic heterocycles. The highest BCUT2D eigenvalue weighted by Gasteiger charge is 2.07. The van der Waals surface area contributed by atoms with E-state index >= 15 is 0 Å². The second-order valence-electron chi connectivity index (χ2n) is 3.95. The Morgan fingerprint density at radius 1 is 1.44 bits per heavy atom. The summed E-state index contributed by atoms with van der Waals surface area (Å²) < 4.78 is 0. The van der Waals surface area contributed by atoms with Gasteiger partial charge in [0.25, 0.3) is 0 Å². The van der Waals surface area contributed by atoms with E-state index in [0.717, 1.165) is 24.9 Å². The fourth-order valence-corrected chi connectivity index (χ4v) is 1.71. The highest BCUT2D eigenvalue weighted by Crippen LogP contribution is 2.21. The standard InChI is InChI=1S/C13H19N3/c1-3-5-11(4-2)16-13-7-6-10(9-14)8-12(13)15/h6-8,11,16H,3-5,15H2,1-2H3. The number of anilines is 2. The van der Waals surface area contributed by atoms with Crippen LogP contribution in [-0.4, -0.2) is 6.04 Å². The zero-order valence-corrected chi connectivity index (χ0v) is 9.96. The van der Waals surface area contributed by atoms with Gasteiger partial charge in [0.15, 0.2) is 0 Å². The van der Waals surface area contributed by atoms with Gasteiger partial charge in [0.2, 0.25) is 0 Å². The van der Waals surface area contributed by atoms with Crippen LogP contribution in [0.15, 0.2) is 18.2 Å². The van der Waals surface area contributed by atoms with E-state index in [1.54, 1.807) is 12.1 Å². The van der Waals surface area contributed by atoms with Gasteiger partial charge in [0.05, 0.1) is 23.0 Å². The van der Waals surface area contributed by atoms with E-state index in [4.69, 9.17) is 11.0 Å². The summed E-state index contributed by atoms with van der Waals surface area (Å²) in [6, 6.07) is 7.92. The van der Waals surface area contributed by atoms with Crippen LogP contribution in [0.1, 0.15) is 38.7 Å². The first-order valence-corrected chi connectivity index (χ1v) is 5.77. The van der Waals surface area contributed by atoms with Crippen molar-refractivity contribution in [1.29, 1.82) is 5.26 Å². The molecule has 1 aromatic carbocycles. The molecule has 1 aromatic rings. The van der Waals surface area contributed by atoms with Crippen LogP contribution in [-0.2, 0) is 0 Å². The van der Waals surface area contributed by atoms with Crippen LogP contribution < -0.4 is 11.1 Å². The number of hydrogen-bond acceptors (Lipinski definition) is 3. The predicted molar refractivity (Wildman–Crippen MR) is 68.2 cm³/mol. The van der Waals surface area contributed by atoms with Crippen LogP contribution in [0.3, 0.4) is 0 Å². The second-order valence-corrected chi connectivity index (χ2v) is 3.95. The Labute approximate surface area is 97.3 Å². The zero-order valence-electron chi connectivity index (χ0n) is 9.96. The highest BCUT2D eigenvalue weighted by molar-refractivity contribution is 5.68. The molecule has 0 aliphatic carbocycles. The molecule has 0 fully saturated rings. The molecule has 3 heteroatoms. The molecule has 0 radical (unpaired) electrons. The molecule has 86 valence electrons. The maximum absolute atomic E-state index is 8.74. The van der Waals surface area contributed by atoms with Crippen molar-refractivity contribution in [3.8, 4) is 6.07 Å². The van der Waals surface area contributed by atoms with Crippen LogP contribution in [0.25, 0.3) is 0 Å². The van der Waals surface area contributed by atoms with E-state index < -0.39 is 0 Å². The van der Waals surface area contributed by atoms with Gasteiger partial charge >= 0.3 is 0 Å². The van der Waals surface area contributed by atoms with Crippen molar-refractivity contribution in [2.75, 3.05) is 11.1 Å². The Hall–Kier alpha value is -1.69. The van der Waals surface area contributed by atoms with E-state index in [-0.39, 0.29) is 0 Å². The van der Waals surface area contributed by atoms with E-state index in [2.05, 4.69) is 25.2 Å². The number of nitrogens with one attached hydrogen (secondary N) is 1. The van der Waals surface area contributed by atoms with E-state index in [0.29, 0.717) is 17.3 Å². The van der Waals surface area contributed by atoms with E-state index in [1.807, 2.05) is 6.07 Å². The minimum atomic E-state index is 0.459. The van der Waals surface area contributed by atoms with Crippen molar-refractivity contribution in [3.05, 3.63) is 23.8 Å². The third-order valence-corrected chi connectivity index (χ3v) is 2.67. The lowest BCUT2D eigenvalue weighted by Gasteiger charge is -2.18. The van der Waals surface area contributed by atoms with Gasteiger partial charge in [-0.2, -0.15) is 5.26 Å². The smallest absolute Gasteiger partial charge is 0.0992 e. The number of rotatable bonds is 5. The third kappa shape index (κ3) is 3.16. The molecule has 0 amide bonds. The maximum atomic E-state index is 8.74. The molecule has 0 heterocycles. The van der Waals surface area contributed by atoms with Crippen molar-refractivity contribution in [1.82, 2.24) is 0 Å². The lowest BCUT2D eigenvalue weighted by Crippen LogP contribution is -2.18. The molecule has 0 spiro atoms. The Bertz CT molecular complexity index is 379. The first-order valence-electron chi connectivity index (χ1n) is 5.77. The molecule has 1 rings (SSSR count). The summed E-state index contributed by atoms with van der Waals surface area (Å²) in [5.74, 6) is 0. The summed E-state index contributed by atoms with van der Waals surface area (Å²) in [4.78, 5) is 0. The van der Waals surface area contributed by atoms with Gasteiger partial charge in [-0.05, 0) is 31.0 Å². The van der Waals surface area contributed by atoms with E-state index in [9.17, 15) is 0 Å². The SMILES string of the molecule is CCCC(CC)Nc1ccc(C#N)cc1N. The van der Waals surface area contributed by atoms with Crippen molar-refractivity contribution in [2.24, 2.45) is 0 Å². The van der Waals surface area contributed by atoms with Crippen molar-refractivity contribution in [2.45, 2.75) is 39.2 Å². The fourth-order valence-electron chi connectivity index (χ4n) is 1.71. The largest absolute Gasteiger partial charge is 0.397 e. The average molecular weight is 217 g/mol. The Morgan fingerprint density at radius 3 is 2.69 bits per heavy atom. The first-order chi connectivity index (χ1) is 7.71. The number of benzene rings is 1. The summed E-state index contributed by atoms with van der Waals surface area (Å²) in [7, 11) is 0. The molecule has 0 saturated heterocycles. The van der Waals surface area contributed by atoms with Crippen molar-refractivity contribution < 1.29 is 0 Å². The van der Waals surface area contributed by atoms with Crippen molar-refractivity contribution >= 4 is 11.4 Å². The number of nitriles is 1. The van der Waals surface area contributed by atoms with Crippen molar-refractivity contribution in [3.63, 3.8) is 0 Å². The lowest BCUT2D eigenvalue weighted by molar-refractivity contribution is 0.623. The number of nitrogens with zero attached hydrogens (tertiary/aromatic N) is 1. The molecular formula is C13H19N3. The van der Waals surface area contributed by atoms with Gasteiger partial charge in [0.1, 0.15) is 0 Å². The summed E-state index contributed by atoms with van der Waals surface area (Å²) in [6.45, 7) is 4.33. The molecule has 0 aliphatic rings. The van der Waals surface area contributed by atoms with Gasteiger partial charge in [-0.1, -0.05) is 20.3 Å². The Morgan fingerprint density at radius 2 is 2.19 bits per heavy atom.